The number of rotatable bonds is 11. The van der Waals surface area contributed by atoms with Crippen LogP contribution in [0.1, 0.15) is 11.1 Å². The fraction of sp³-hybridized carbons (Fsp3) is 0.333. The molecule has 0 amide bonds. The van der Waals surface area contributed by atoms with E-state index >= 15 is 0 Å². The molecule has 11 nitrogen and oxygen atoms in total. The van der Waals surface area contributed by atoms with E-state index in [4.69, 9.17) is 18.4 Å². The van der Waals surface area contributed by atoms with Crippen LogP contribution in [0.5, 0.6) is 0 Å². The molecule has 39 heavy (non-hydrogen) atoms. The van der Waals surface area contributed by atoms with Crippen molar-refractivity contribution in [1.29, 1.82) is 0 Å². The van der Waals surface area contributed by atoms with Crippen LogP contribution in [0.15, 0.2) is 89.8 Å². The first-order valence-corrected chi connectivity index (χ1v) is 13.5. The first kappa shape index (κ1) is 28.8. The van der Waals surface area contributed by atoms with Crippen LogP contribution >= 0.6 is 0 Å². The zero-order valence-corrected chi connectivity index (χ0v) is 21.8. The smallest absolute Gasteiger partial charge is 0.297 e. The molecule has 4 rings (SSSR count). The molecule has 12 heteroatoms. The summed E-state index contributed by atoms with van der Waals surface area (Å²) in [7, 11) is -3.26. The Morgan fingerprint density at radius 1 is 0.744 bits per heavy atom. The molecule has 3 aromatic carbocycles. The summed E-state index contributed by atoms with van der Waals surface area (Å²) < 4.78 is 49.2. The van der Waals surface area contributed by atoms with Crippen molar-refractivity contribution in [2.45, 2.75) is 54.7 Å². The molecule has 3 aromatic rings. The van der Waals surface area contributed by atoms with Crippen molar-refractivity contribution in [2.75, 3.05) is 7.11 Å². The SMILES string of the molecule is CO[C@@H]1[C@H](O)[C@@H](OCc2ccccc2)[C@H](O)[C@@H](OCc2ccccc2)[C@@H]1OS(=O)(=O)c1ccc([N+](=O)[O-])cc1. The highest BCUT2D eigenvalue weighted by Crippen LogP contribution is 2.33. The van der Waals surface area contributed by atoms with E-state index < -0.39 is 51.7 Å². The van der Waals surface area contributed by atoms with Gasteiger partial charge in [-0.05, 0) is 23.3 Å². The van der Waals surface area contributed by atoms with Crippen LogP contribution in [0.3, 0.4) is 0 Å². The Morgan fingerprint density at radius 2 is 1.23 bits per heavy atom. The Morgan fingerprint density at radius 3 is 1.72 bits per heavy atom. The number of benzene rings is 3. The van der Waals surface area contributed by atoms with E-state index in [0.717, 1.165) is 35.4 Å². The van der Waals surface area contributed by atoms with Crippen LogP contribution in [-0.2, 0) is 41.7 Å². The first-order chi connectivity index (χ1) is 18.7. The van der Waals surface area contributed by atoms with Gasteiger partial charge >= 0.3 is 0 Å². The van der Waals surface area contributed by atoms with Gasteiger partial charge in [-0.2, -0.15) is 8.42 Å². The molecule has 0 unspecified atom stereocenters. The second-order valence-electron chi connectivity index (χ2n) is 8.97. The molecule has 1 saturated carbocycles. The quantitative estimate of drug-likeness (QED) is 0.203. The minimum atomic E-state index is -4.53. The van der Waals surface area contributed by atoms with Gasteiger partial charge in [0.15, 0.2) is 0 Å². The third-order valence-electron chi connectivity index (χ3n) is 6.41. The summed E-state index contributed by atoms with van der Waals surface area (Å²) in [6.45, 7) is 0.0615. The second-order valence-corrected chi connectivity index (χ2v) is 10.5. The molecule has 1 fully saturated rings. The summed E-state index contributed by atoms with van der Waals surface area (Å²) in [6.07, 6.45) is -8.24. The molecule has 1 aliphatic rings. The average Bonchev–Trinajstić information content (AvgIpc) is 2.94. The third kappa shape index (κ3) is 6.86. The van der Waals surface area contributed by atoms with Crippen molar-refractivity contribution < 1.29 is 41.9 Å². The molecule has 1 aliphatic carbocycles. The van der Waals surface area contributed by atoms with E-state index in [2.05, 4.69) is 0 Å². The Labute approximate surface area is 225 Å². The number of ether oxygens (including phenoxy) is 3. The fourth-order valence-corrected chi connectivity index (χ4v) is 5.49. The van der Waals surface area contributed by atoms with Gasteiger partial charge in [0.2, 0.25) is 0 Å². The number of hydrogen-bond acceptors (Lipinski definition) is 10. The van der Waals surface area contributed by atoms with Crippen LogP contribution < -0.4 is 0 Å². The van der Waals surface area contributed by atoms with Crippen molar-refractivity contribution >= 4 is 15.8 Å². The van der Waals surface area contributed by atoms with E-state index in [-0.39, 0.29) is 23.8 Å². The lowest BCUT2D eigenvalue weighted by molar-refractivity contribution is -0.384. The number of methoxy groups -OCH3 is 1. The number of nitro groups is 1. The third-order valence-corrected chi connectivity index (χ3v) is 7.74. The Bertz CT molecular complexity index is 1320. The summed E-state index contributed by atoms with van der Waals surface area (Å²) in [5.41, 5.74) is 1.25. The minimum absolute atomic E-state index is 0.00204. The van der Waals surface area contributed by atoms with Crippen LogP contribution in [0.2, 0.25) is 0 Å². The molecule has 0 bridgehead atoms. The number of hydrogen-bond donors (Lipinski definition) is 2. The highest BCUT2D eigenvalue weighted by Gasteiger charge is 2.54. The van der Waals surface area contributed by atoms with Crippen LogP contribution in [0, 0.1) is 10.1 Å². The van der Waals surface area contributed by atoms with E-state index in [0.29, 0.717) is 0 Å². The average molecular weight is 560 g/mol. The zero-order chi connectivity index (χ0) is 28.0. The molecule has 0 saturated heterocycles. The molecule has 6 atom stereocenters. The Kier molecular flexibility index (Phi) is 9.40. The number of aliphatic hydroxyl groups is 2. The first-order valence-electron chi connectivity index (χ1n) is 12.1. The summed E-state index contributed by atoms with van der Waals surface area (Å²) in [5, 5.41) is 33.4. The summed E-state index contributed by atoms with van der Waals surface area (Å²) in [6, 6.07) is 22.3. The van der Waals surface area contributed by atoms with Gasteiger partial charge < -0.3 is 24.4 Å². The lowest BCUT2D eigenvalue weighted by Gasteiger charge is -2.46. The predicted octanol–water partition coefficient (Wildman–Crippen LogP) is 2.59. The highest BCUT2D eigenvalue weighted by atomic mass is 32.2. The zero-order valence-electron chi connectivity index (χ0n) is 21.0. The molecular formula is C27H29NO10S. The van der Waals surface area contributed by atoms with E-state index in [1.165, 1.54) is 7.11 Å². The van der Waals surface area contributed by atoms with Crippen molar-refractivity contribution in [3.05, 3.63) is 106 Å². The number of non-ortho nitro benzene ring substituents is 1. The van der Waals surface area contributed by atoms with Gasteiger partial charge in [-0.3, -0.25) is 14.3 Å². The van der Waals surface area contributed by atoms with Gasteiger partial charge in [-0.1, -0.05) is 60.7 Å². The van der Waals surface area contributed by atoms with Crippen molar-refractivity contribution in [2.24, 2.45) is 0 Å². The van der Waals surface area contributed by atoms with Crippen LogP contribution in [0.4, 0.5) is 5.69 Å². The normalized spacial score (nSPS) is 25.3. The number of aliphatic hydroxyl groups excluding tert-OH is 2. The molecular weight excluding hydrogens is 530 g/mol. The monoisotopic (exact) mass is 559 g/mol. The molecule has 208 valence electrons. The van der Waals surface area contributed by atoms with E-state index in [1.54, 1.807) is 24.3 Å². The van der Waals surface area contributed by atoms with Gasteiger partial charge in [0, 0.05) is 19.2 Å². The van der Waals surface area contributed by atoms with Crippen molar-refractivity contribution in [3.8, 4) is 0 Å². The van der Waals surface area contributed by atoms with Gasteiger partial charge in [0.1, 0.15) is 36.6 Å². The molecule has 2 N–H and O–H groups in total. The van der Waals surface area contributed by atoms with Gasteiger partial charge in [0.25, 0.3) is 15.8 Å². The van der Waals surface area contributed by atoms with Crippen molar-refractivity contribution in [1.82, 2.24) is 0 Å². The lowest BCUT2D eigenvalue weighted by Crippen LogP contribution is -2.66. The molecule has 0 spiro atoms. The van der Waals surface area contributed by atoms with Crippen molar-refractivity contribution in [3.63, 3.8) is 0 Å². The summed E-state index contributed by atoms with van der Waals surface area (Å²) >= 11 is 0. The standard InChI is InChI=1S/C27H29NO10S/c1-35-25-22(29)24(36-16-18-8-4-2-5-9-18)23(30)26(37-17-19-10-6-3-7-11-19)27(25)38-39(33,34)21-14-12-20(13-15-21)28(31)32/h2-15,22-27,29-30H,16-17H2,1H3/t22-,23+,24-,25-,26-,27-/m1/s1. The number of nitro benzene ring substituents is 1. The summed E-state index contributed by atoms with van der Waals surface area (Å²) in [4.78, 5) is 9.96. The molecule has 0 aliphatic heterocycles. The van der Waals surface area contributed by atoms with E-state index in [1.807, 2.05) is 36.4 Å². The molecule has 0 heterocycles. The largest absolute Gasteiger partial charge is 0.387 e. The minimum Gasteiger partial charge on any atom is -0.387 e. The summed E-state index contributed by atoms with van der Waals surface area (Å²) in [5.74, 6) is 0. The maximum Gasteiger partial charge on any atom is 0.297 e. The maximum atomic E-state index is 13.2. The maximum absolute atomic E-state index is 13.2. The highest BCUT2D eigenvalue weighted by molar-refractivity contribution is 7.86. The topological polar surface area (TPSA) is 155 Å². The second kappa shape index (κ2) is 12.7. The molecule has 0 aromatic heterocycles. The van der Waals surface area contributed by atoms with Gasteiger partial charge in [0.05, 0.1) is 23.0 Å². The van der Waals surface area contributed by atoms with Crippen LogP contribution in [-0.4, -0.2) is 67.3 Å². The predicted molar refractivity (Wildman–Crippen MR) is 138 cm³/mol. The van der Waals surface area contributed by atoms with Gasteiger partial charge in [-0.15, -0.1) is 0 Å². The van der Waals surface area contributed by atoms with Crippen LogP contribution in [0.25, 0.3) is 0 Å². The van der Waals surface area contributed by atoms with E-state index in [9.17, 15) is 28.7 Å². The molecule has 0 radical (unpaired) electrons. The Hall–Kier alpha value is -3.23. The number of nitrogens with zero attached hydrogens (tertiary/aromatic N) is 1. The lowest BCUT2D eigenvalue weighted by atomic mass is 9.84. The Balaban J connectivity index is 1.62. The van der Waals surface area contributed by atoms with Gasteiger partial charge in [-0.25, -0.2) is 0 Å². The fourth-order valence-electron chi connectivity index (χ4n) is 4.39.